The van der Waals surface area contributed by atoms with Gasteiger partial charge in [0, 0.05) is 35.1 Å². The minimum Gasteiger partial charge on any atom is -0.228 e. The summed E-state index contributed by atoms with van der Waals surface area (Å²) < 4.78 is 6.20. The molecule has 6 aromatic carbocycles. The lowest BCUT2D eigenvalue weighted by atomic mass is 9.86. The van der Waals surface area contributed by atoms with E-state index in [-0.39, 0.29) is 0 Å². The van der Waals surface area contributed by atoms with Crippen molar-refractivity contribution >= 4 is 59.0 Å². The summed E-state index contributed by atoms with van der Waals surface area (Å²) in [4.78, 5) is 11.5. The summed E-state index contributed by atoms with van der Waals surface area (Å²) in [6.07, 6.45) is 8.75. The number of thiophene rings is 2. The standard InChI is InChI=1S/C46H32N3S2/c1-3-13-30(14-4-1)45-47-29-49(46(48-45)31-15-5-2-6-16-31)28-33-17-11-20-34(32-25-26-41-38(27-32)35-18-7-9-22-39(35)50-41)43(33)37-21-12-24-42-44(37)36-19-8-10-23-40(36)51-42/h1-7,9-18,20-27,29H,8,19,28H2/q+1. The maximum atomic E-state index is 5.20. The van der Waals surface area contributed by atoms with E-state index in [1.165, 1.54) is 68.5 Å². The molecule has 0 amide bonds. The smallest absolute Gasteiger partial charge is 0.228 e. The number of aromatic nitrogens is 3. The third-order valence-electron chi connectivity index (χ3n) is 9.99. The number of aryl methyl sites for hydroxylation is 1. The largest absolute Gasteiger partial charge is 0.307 e. The van der Waals surface area contributed by atoms with Crippen molar-refractivity contribution in [3.05, 3.63) is 168 Å². The fourth-order valence-electron chi connectivity index (χ4n) is 7.64. The summed E-state index contributed by atoms with van der Waals surface area (Å²) in [5.41, 5.74) is 9.82. The summed E-state index contributed by atoms with van der Waals surface area (Å²) in [7, 11) is 0. The molecule has 3 nitrogen and oxygen atoms in total. The Morgan fingerprint density at radius 1 is 0.608 bits per heavy atom. The van der Waals surface area contributed by atoms with Crippen molar-refractivity contribution < 1.29 is 4.57 Å². The van der Waals surface area contributed by atoms with Gasteiger partial charge in [-0.05, 0) is 101 Å². The molecule has 10 rings (SSSR count). The molecule has 1 aliphatic carbocycles. The van der Waals surface area contributed by atoms with Gasteiger partial charge in [0.1, 0.15) is 0 Å². The van der Waals surface area contributed by atoms with E-state index in [0.717, 1.165) is 35.6 Å². The average Bonchev–Trinajstić information content (AvgIpc) is 3.77. The van der Waals surface area contributed by atoms with E-state index in [4.69, 9.17) is 9.97 Å². The summed E-state index contributed by atoms with van der Waals surface area (Å²) in [6.45, 7) is 0.620. The van der Waals surface area contributed by atoms with Crippen LogP contribution in [-0.4, -0.2) is 9.97 Å². The molecule has 0 bridgehead atoms. The number of rotatable bonds is 6. The Morgan fingerprint density at radius 3 is 2.24 bits per heavy atom. The Kier molecular flexibility index (Phi) is 7.40. The van der Waals surface area contributed by atoms with Gasteiger partial charge in [-0.15, -0.1) is 22.7 Å². The van der Waals surface area contributed by atoms with Crippen molar-refractivity contribution in [3.8, 4) is 45.0 Å². The predicted molar refractivity (Wildman–Crippen MR) is 215 cm³/mol. The number of allylic oxidation sites excluding steroid dienone is 1. The van der Waals surface area contributed by atoms with Crippen LogP contribution in [0.25, 0.3) is 81.4 Å². The summed E-state index contributed by atoms with van der Waals surface area (Å²) in [5.74, 6) is 1.61. The zero-order chi connectivity index (χ0) is 33.7. The molecule has 0 saturated heterocycles. The van der Waals surface area contributed by atoms with Crippen molar-refractivity contribution in [1.29, 1.82) is 0 Å². The van der Waals surface area contributed by atoms with Gasteiger partial charge in [-0.2, -0.15) is 0 Å². The molecule has 5 heteroatoms. The fraction of sp³-hybridized carbons (Fsp3) is 0.0652. The van der Waals surface area contributed by atoms with E-state index in [2.05, 4.69) is 138 Å². The van der Waals surface area contributed by atoms with E-state index >= 15 is 0 Å². The van der Waals surface area contributed by atoms with Gasteiger partial charge in [-0.1, -0.05) is 107 Å². The average molecular weight is 691 g/mol. The normalized spacial score (nSPS) is 12.5. The van der Waals surface area contributed by atoms with Gasteiger partial charge in [-0.25, -0.2) is 4.57 Å². The van der Waals surface area contributed by atoms with Crippen LogP contribution < -0.4 is 4.57 Å². The Hall–Kier alpha value is -5.75. The van der Waals surface area contributed by atoms with Crippen LogP contribution >= 0.6 is 22.7 Å². The number of nitrogens with zero attached hydrogens (tertiary/aromatic N) is 3. The van der Waals surface area contributed by atoms with E-state index in [1.807, 2.05) is 47.2 Å². The molecule has 0 spiro atoms. The Morgan fingerprint density at radius 2 is 1.35 bits per heavy atom. The molecule has 0 N–H and O–H groups in total. The highest BCUT2D eigenvalue weighted by molar-refractivity contribution is 7.25. The summed E-state index contributed by atoms with van der Waals surface area (Å²) in [5, 5.41) is 4.02. The molecule has 3 heterocycles. The van der Waals surface area contributed by atoms with E-state index < -0.39 is 0 Å². The van der Waals surface area contributed by atoms with Gasteiger partial charge in [0.25, 0.3) is 5.82 Å². The number of hydrogen-bond acceptors (Lipinski definition) is 4. The van der Waals surface area contributed by atoms with Gasteiger partial charge in [0.15, 0.2) is 0 Å². The zero-order valence-corrected chi connectivity index (χ0v) is 29.4. The topological polar surface area (TPSA) is 29.7 Å². The van der Waals surface area contributed by atoms with Crippen LogP contribution in [0.15, 0.2) is 152 Å². The highest BCUT2D eigenvalue weighted by Crippen LogP contribution is 2.46. The molecule has 0 radical (unpaired) electrons. The number of fused-ring (bicyclic) bond motifs is 6. The third-order valence-corrected chi connectivity index (χ3v) is 12.3. The fourth-order valence-corrected chi connectivity index (χ4v) is 9.94. The molecule has 0 fully saturated rings. The minimum atomic E-state index is 0.620. The molecule has 51 heavy (non-hydrogen) atoms. The first-order chi connectivity index (χ1) is 25.3. The highest BCUT2D eigenvalue weighted by Gasteiger charge is 2.24. The molecule has 0 aliphatic heterocycles. The van der Waals surface area contributed by atoms with E-state index in [9.17, 15) is 0 Å². The molecule has 0 unspecified atom stereocenters. The van der Waals surface area contributed by atoms with Gasteiger partial charge >= 0.3 is 5.82 Å². The first-order valence-corrected chi connectivity index (χ1v) is 19.0. The SMILES string of the molecule is C1=Cc2sc3cccc(-c4c(C[n+]5cnc(-c6ccccc6)nc5-c5ccccc5)cccc4-c4ccc5sc6ccccc6c5c4)c3c2CC1. The second-order valence-corrected chi connectivity index (χ2v) is 15.2. The van der Waals surface area contributed by atoms with Gasteiger partial charge in [0.2, 0.25) is 6.33 Å². The zero-order valence-electron chi connectivity index (χ0n) is 27.8. The van der Waals surface area contributed by atoms with Crippen molar-refractivity contribution in [2.45, 2.75) is 19.4 Å². The Bertz CT molecular complexity index is 2780. The van der Waals surface area contributed by atoms with Gasteiger partial charge in [0.05, 0.1) is 17.7 Å². The molecule has 1 aliphatic rings. The first-order valence-electron chi connectivity index (χ1n) is 17.4. The van der Waals surface area contributed by atoms with Crippen molar-refractivity contribution in [3.63, 3.8) is 0 Å². The second-order valence-electron chi connectivity index (χ2n) is 13.1. The van der Waals surface area contributed by atoms with E-state index in [1.54, 1.807) is 0 Å². The van der Waals surface area contributed by atoms with Crippen LogP contribution in [0.1, 0.15) is 22.4 Å². The van der Waals surface area contributed by atoms with Crippen LogP contribution in [0.3, 0.4) is 0 Å². The van der Waals surface area contributed by atoms with Crippen LogP contribution in [0.5, 0.6) is 0 Å². The molecule has 3 aromatic heterocycles. The van der Waals surface area contributed by atoms with Crippen LogP contribution in [0, 0.1) is 0 Å². The quantitative estimate of drug-likeness (QED) is 0.163. The molecule has 9 aromatic rings. The summed E-state index contributed by atoms with van der Waals surface area (Å²) in [6, 6.07) is 50.2. The molecular weight excluding hydrogens is 659 g/mol. The van der Waals surface area contributed by atoms with Crippen LogP contribution in [0.2, 0.25) is 0 Å². The van der Waals surface area contributed by atoms with Crippen LogP contribution in [0.4, 0.5) is 0 Å². The van der Waals surface area contributed by atoms with Crippen molar-refractivity contribution in [2.24, 2.45) is 0 Å². The van der Waals surface area contributed by atoms with Crippen molar-refractivity contribution in [1.82, 2.24) is 9.97 Å². The lowest BCUT2D eigenvalue weighted by Gasteiger charge is -2.18. The van der Waals surface area contributed by atoms with Gasteiger partial charge in [-0.3, -0.25) is 0 Å². The Labute approximate surface area is 304 Å². The third kappa shape index (κ3) is 5.29. The molecular formula is C46H32N3S2+. The molecule has 0 atom stereocenters. The van der Waals surface area contributed by atoms with Crippen LogP contribution in [-0.2, 0) is 13.0 Å². The maximum Gasteiger partial charge on any atom is 0.307 e. The first kappa shape index (κ1) is 30.1. The monoisotopic (exact) mass is 690 g/mol. The molecule has 242 valence electrons. The predicted octanol–water partition coefficient (Wildman–Crippen LogP) is 12.0. The lowest BCUT2D eigenvalue weighted by Crippen LogP contribution is -2.39. The Balaban J connectivity index is 1.21. The minimum absolute atomic E-state index is 0.620. The van der Waals surface area contributed by atoms with Crippen molar-refractivity contribution in [2.75, 3.05) is 0 Å². The number of benzene rings is 6. The lowest BCUT2D eigenvalue weighted by molar-refractivity contribution is -0.682. The highest BCUT2D eigenvalue weighted by atomic mass is 32.1. The van der Waals surface area contributed by atoms with E-state index in [0.29, 0.717) is 6.54 Å². The van der Waals surface area contributed by atoms with Gasteiger partial charge < -0.3 is 0 Å². The maximum absolute atomic E-state index is 5.20. The molecule has 0 saturated carbocycles. The summed E-state index contributed by atoms with van der Waals surface area (Å²) >= 11 is 3.78. The second kappa shape index (κ2) is 12.5. The number of hydrogen-bond donors (Lipinski definition) is 0.